The largest absolute Gasteiger partial charge is 0.405 e. The number of Topliss-reactive ketones (excluding diaryl/α,β-unsaturated/α-hetero) is 2. The van der Waals surface area contributed by atoms with Gasteiger partial charge in [-0.3, -0.25) is 9.59 Å². The molecule has 4 heteroatoms. The summed E-state index contributed by atoms with van der Waals surface area (Å²) in [5.41, 5.74) is 10.1. The lowest BCUT2D eigenvalue weighted by molar-refractivity contribution is -0.116. The Balaban J connectivity index is 2.11. The highest BCUT2D eigenvalue weighted by molar-refractivity contribution is 6.67. The predicted molar refractivity (Wildman–Crippen MR) is 80.2 cm³/mol. The van der Waals surface area contributed by atoms with Crippen LogP contribution in [-0.4, -0.2) is 22.1 Å². The summed E-state index contributed by atoms with van der Waals surface area (Å²) < 4.78 is 0. The van der Waals surface area contributed by atoms with Gasteiger partial charge in [0.2, 0.25) is 0 Å². The van der Waals surface area contributed by atoms with Crippen molar-refractivity contribution in [2.75, 3.05) is 0 Å². The van der Waals surface area contributed by atoms with E-state index in [1.54, 1.807) is 30.3 Å². The van der Waals surface area contributed by atoms with Gasteiger partial charge in [-0.2, -0.15) is 4.79 Å². The van der Waals surface area contributed by atoms with E-state index in [0.717, 1.165) is 37.7 Å². The highest BCUT2D eigenvalue weighted by atomic mass is 16.1. The molecule has 0 N–H and O–H groups in total. The van der Waals surface area contributed by atoms with E-state index in [-0.39, 0.29) is 12.1 Å². The molecule has 0 radical (unpaired) electrons. The van der Waals surface area contributed by atoms with Crippen LogP contribution in [-0.2, 0) is 4.79 Å². The van der Waals surface area contributed by atoms with Gasteiger partial charge in [-0.1, -0.05) is 48.4 Å². The minimum absolute atomic E-state index is 0.165. The van der Waals surface area contributed by atoms with Crippen molar-refractivity contribution < 1.29 is 14.4 Å². The number of ketones is 2. The van der Waals surface area contributed by atoms with Gasteiger partial charge in [0.05, 0.1) is 0 Å². The van der Waals surface area contributed by atoms with Crippen LogP contribution in [0.25, 0.3) is 5.53 Å². The number of nitrogens with zero attached hydrogens (tertiary/aromatic N) is 2. The van der Waals surface area contributed by atoms with Crippen LogP contribution in [0.5, 0.6) is 0 Å². The number of carbonyl (C=O) groups is 2. The molecule has 108 valence electrons. The second-order valence-corrected chi connectivity index (χ2v) is 5.21. The van der Waals surface area contributed by atoms with E-state index >= 15 is 0 Å². The number of allylic oxidation sites excluding steroid dienone is 2. The third-order valence-corrected chi connectivity index (χ3v) is 3.64. The van der Waals surface area contributed by atoms with Gasteiger partial charge < -0.3 is 5.53 Å². The van der Waals surface area contributed by atoms with E-state index in [4.69, 9.17) is 5.53 Å². The van der Waals surface area contributed by atoms with E-state index in [1.165, 1.54) is 0 Å². The zero-order chi connectivity index (χ0) is 15.1. The Bertz CT molecular complexity index is 611. The van der Waals surface area contributed by atoms with Gasteiger partial charge in [0.15, 0.2) is 0 Å². The fourth-order valence-corrected chi connectivity index (χ4v) is 2.49. The van der Waals surface area contributed by atoms with Gasteiger partial charge in [0, 0.05) is 12.0 Å². The van der Waals surface area contributed by atoms with Crippen molar-refractivity contribution in [2.45, 2.75) is 38.5 Å². The van der Waals surface area contributed by atoms with E-state index in [9.17, 15) is 9.59 Å². The SMILES string of the molecule is [N-]=[N+]=C(C(=O)CC1=CCCCCC1)C(=O)c1ccccc1. The van der Waals surface area contributed by atoms with Crippen molar-refractivity contribution in [3.05, 3.63) is 53.1 Å². The van der Waals surface area contributed by atoms with E-state index < -0.39 is 11.6 Å². The summed E-state index contributed by atoms with van der Waals surface area (Å²) in [6, 6.07) is 8.41. The molecule has 0 atom stereocenters. The number of carbonyl (C=O) groups excluding carboxylic acids is 2. The molecule has 0 aromatic heterocycles. The molecule has 0 saturated heterocycles. The molecule has 0 aliphatic heterocycles. The first-order chi connectivity index (χ1) is 10.2. The van der Waals surface area contributed by atoms with Crippen LogP contribution in [0.3, 0.4) is 0 Å². The molecule has 0 fully saturated rings. The highest BCUT2D eigenvalue weighted by Crippen LogP contribution is 2.20. The van der Waals surface area contributed by atoms with Gasteiger partial charge in [0.1, 0.15) is 0 Å². The number of benzene rings is 1. The first kappa shape index (κ1) is 15.1. The molecule has 0 heterocycles. The number of hydrogen-bond acceptors (Lipinski definition) is 2. The molecule has 1 aromatic carbocycles. The van der Waals surface area contributed by atoms with Crippen LogP contribution < -0.4 is 0 Å². The smallest absolute Gasteiger partial charge is 0.360 e. The lowest BCUT2D eigenvalue weighted by Crippen LogP contribution is -2.25. The molecule has 1 aliphatic rings. The average molecular weight is 282 g/mol. The van der Waals surface area contributed by atoms with Gasteiger partial charge in [-0.15, -0.1) is 0 Å². The second kappa shape index (κ2) is 7.46. The summed E-state index contributed by atoms with van der Waals surface area (Å²) in [6.45, 7) is 0. The Morgan fingerprint density at radius 1 is 1.10 bits per heavy atom. The Morgan fingerprint density at radius 2 is 1.86 bits per heavy atom. The molecule has 0 amide bonds. The summed E-state index contributed by atoms with van der Waals surface area (Å²) in [6.07, 6.45) is 7.46. The predicted octanol–water partition coefficient (Wildman–Crippen LogP) is 3.39. The first-order valence-corrected chi connectivity index (χ1v) is 7.25. The Morgan fingerprint density at radius 3 is 2.57 bits per heavy atom. The second-order valence-electron chi connectivity index (χ2n) is 5.21. The molecule has 1 aliphatic carbocycles. The molecule has 0 saturated carbocycles. The standard InChI is InChI=1S/C17H18N2O2/c18-19-16(17(21)14-10-6-3-7-11-14)15(20)12-13-8-4-1-2-5-9-13/h3,6-8,10-11H,1-2,4-5,9,12H2. The molecule has 2 rings (SSSR count). The third-order valence-electron chi connectivity index (χ3n) is 3.64. The first-order valence-electron chi connectivity index (χ1n) is 7.25. The topological polar surface area (TPSA) is 70.5 Å². The van der Waals surface area contributed by atoms with Crippen LogP contribution in [0.2, 0.25) is 0 Å². The maximum Gasteiger partial charge on any atom is 0.405 e. The molecule has 0 bridgehead atoms. The summed E-state index contributed by atoms with van der Waals surface area (Å²) in [5.74, 6) is -0.947. The zero-order valence-electron chi connectivity index (χ0n) is 11.9. The number of hydrogen-bond donors (Lipinski definition) is 0. The Hall–Kier alpha value is -2.32. The van der Waals surface area contributed by atoms with Gasteiger partial charge in [-0.05, 0) is 25.7 Å². The van der Waals surface area contributed by atoms with Gasteiger partial charge in [0.25, 0.3) is 11.6 Å². The number of rotatable bonds is 5. The lowest BCUT2D eigenvalue weighted by atomic mass is 9.97. The molecule has 1 aromatic rings. The van der Waals surface area contributed by atoms with Crippen LogP contribution in [0.1, 0.15) is 48.9 Å². The fourth-order valence-electron chi connectivity index (χ4n) is 2.49. The Kier molecular flexibility index (Phi) is 5.35. The maximum atomic E-state index is 12.2. The molecular formula is C17H18N2O2. The maximum absolute atomic E-state index is 12.2. The molecule has 0 unspecified atom stereocenters. The minimum Gasteiger partial charge on any atom is -0.360 e. The van der Waals surface area contributed by atoms with Crippen molar-refractivity contribution in [3.8, 4) is 0 Å². The lowest BCUT2D eigenvalue weighted by Gasteiger charge is -2.02. The summed E-state index contributed by atoms with van der Waals surface area (Å²) >= 11 is 0. The summed E-state index contributed by atoms with van der Waals surface area (Å²) in [7, 11) is 0. The average Bonchev–Trinajstić information content (AvgIpc) is 2.77. The van der Waals surface area contributed by atoms with Crippen molar-refractivity contribution in [3.63, 3.8) is 0 Å². The van der Waals surface area contributed by atoms with Crippen molar-refractivity contribution in [1.82, 2.24) is 0 Å². The highest BCUT2D eigenvalue weighted by Gasteiger charge is 2.30. The zero-order valence-corrected chi connectivity index (χ0v) is 11.9. The summed E-state index contributed by atoms with van der Waals surface area (Å²) in [4.78, 5) is 27.4. The normalized spacial score (nSPS) is 14.6. The van der Waals surface area contributed by atoms with Crippen LogP contribution in [0.15, 0.2) is 42.0 Å². The van der Waals surface area contributed by atoms with Crippen LogP contribution in [0.4, 0.5) is 0 Å². The monoisotopic (exact) mass is 282 g/mol. The van der Waals surface area contributed by atoms with E-state index in [1.807, 2.05) is 0 Å². The quantitative estimate of drug-likeness (QED) is 0.207. The van der Waals surface area contributed by atoms with Crippen molar-refractivity contribution in [1.29, 1.82) is 0 Å². The van der Waals surface area contributed by atoms with Crippen molar-refractivity contribution in [2.24, 2.45) is 0 Å². The van der Waals surface area contributed by atoms with Gasteiger partial charge in [-0.25, -0.2) is 0 Å². The molecule has 0 spiro atoms. The fraction of sp³-hybridized carbons (Fsp3) is 0.353. The van der Waals surface area contributed by atoms with Crippen LogP contribution >= 0.6 is 0 Å². The van der Waals surface area contributed by atoms with E-state index in [2.05, 4.69) is 10.9 Å². The molecule has 21 heavy (non-hydrogen) atoms. The van der Waals surface area contributed by atoms with Crippen LogP contribution in [0, 0.1) is 0 Å². The molecular weight excluding hydrogens is 264 g/mol. The third kappa shape index (κ3) is 4.07. The van der Waals surface area contributed by atoms with Crippen molar-refractivity contribution >= 4 is 17.3 Å². The molecule has 4 nitrogen and oxygen atoms in total. The minimum atomic E-state index is -0.530. The van der Waals surface area contributed by atoms with Gasteiger partial charge >= 0.3 is 5.71 Å². The Labute approximate surface area is 124 Å². The summed E-state index contributed by atoms with van der Waals surface area (Å²) in [5, 5.41) is 0. The van der Waals surface area contributed by atoms with E-state index in [0.29, 0.717) is 5.56 Å².